The Kier molecular flexibility index (Phi) is 17.5. The summed E-state index contributed by atoms with van der Waals surface area (Å²) in [4.78, 5) is 27.0. The fourth-order valence-electron chi connectivity index (χ4n) is 6.30. The highest BCUT2D eigenvalue weighted by Crippen LogP contribution is 2.36. The Labute approximate surface area is 407 Å². The van der Waals surface area contributed by atoms with Crippen LogP contribution in [0.3, 0.4) is 0 Å². The lowest BCUT2D eigenvalue weighted by Gasteiger charge is -2.31. The molecule has 0 bridgehead atoms. The molecule has 2 aromatic heterocycles. The van der Waals surface area contributed by atoms with Gasteiger partial charge < -0.3 is 24.3 Å². The topological polar surface area (TPSA) is 185 Å². The van der Waals surface area contributed by atoms with E-state index >= 15 is 0 Å². The summed E-state index contributed by atoms with van der Waals surface area (Å²) in [6, 6.07) is 27.7. The number of rotatable bonds is 13. The van der Waals surface area contributed by atoms with Crippen LogP contribution in [0.15, 0.2) is 97.1 Å². The van der Waals surface area contributed by atoms with Gasteiger partial charge in [0.1, 0.15) is 42.7 Å². The Bertz CT molecular complexity index is 2790. The minimum Gasteiger partial charge on any atom is -0.444 e. The fourth-order valence-corrected chi connectivity index (χ4v) is 8.14. The summed E-state index contributed by atoms with van der Waals surface area (Å²) in [5, 5.41) is 39.2. The van der Waals surface area contributed by atoms with Crippen LogP contribution in [0.1, 0.15) is 92.8 Å². The second kappa shape index (κ2) is 22.9. The zero-order valence-corrected chi connectivity index (χ0v) is 40.3. The Balaban J connectivity index is 0.000000261. The minimum absolute atomic E-state index is 0.319. The molecule has 70 heavy (non-hydrogen) atoms. The molecule has 0 aliphatic carbocycles. The molecule has 6 rings (SSSR count). The van der Waals surface area contributed by atoms with Gasteiger partial charge in [-0.3, -0.25) is 4.90 Å². The molecule has 0 unspecified atom stereocenters. The smallest absolute Gasteiger partial charge is 0.444 e. The first-order valence-corrected chi connectivity index (χ1v) is 22.8. The molecule has 0 radical (unpaired) electrons. The van der Waals surface area contributed by atoms with E-state index in [1.54, 1.807) is 102 Å². The number of nitrogens with one attached hydrogen (secondary N) is 1. The number of halogens is 6. The Hall–Kier alpha value is -7.30. The molecule has 0 spiro atoms. The van der Waals surface area contributed by atoms with Crippen molar-refractivity contribution >= 4 is 34.9 Å². The van der Waals surface area contributed by atoms with E-state index in [4.69, 9.17) is 20.0 Å². The molecule has 1 N–H and O–H groups in total. The van der Waals surface area contributed by atoms with E-state index in [-0.39, 0.29) is 11.5 Å². The number of alkyl halides is 6. The highest BCUT2D eigenvalue weighted by Gasteiger charge is 2.34. The van der Waals surface area contributed by atoms with Crippen LogP contribution in [0.4, 0.5) is 35.9 Å². The van der Waals surface area contributed by atoms with E-state index in [2.05, 4.69) is 41.3 Å². The van der Waals surface area contributed by atoms with Crippen molar-refractivity contribution in [3.05, 3.63) is 129 Å². The van der Waals surface area contributed by atoms with Gasteiger partial charge in [0.2, 0.25) is 0 Å². The van der Waals surface area contributed by atoms with E-state index in [1.807, 2.05) is 13.0 Å². The maximum absolute atomic E-state index is 13.0. The second-order valence-electron chi connectivity index (χ2n) is 17.0. The van der Waals surface area contributed by atoms with Gasteiger partial charge in [0.15, 0.2) is 0 Å². The lowest BCUT2D eigenvalue weighted by molar-refractivity contribution is -0.275. The van der Waals surface area contributed by atoms with Gasteiger partial charge in [-0.25, -0.2) is 9.59 Å². The van der Waals surface area contributed by atoms with Crippen molar-refractivity contribution in [2.75, 3.05) is 6.54 Å². The Morgan fingerprint density at radius 3 is 1.51 bits per heavy atom. The highest BCUT2D eigenvalue weighted by atomic mass is 32.1. The number of ether oxygens (including phenoxy) is 4. The Morgan fingerprint density at radius 1 is 0.643 bits per heavy atom. The number of nitriles is 2. The van der Waals surface area contributed by atoms with E-state index in [9.17, 15) is 35.9 Å². The van der Waals surface area contributed by atoms with Crippen molar-refractivity contribution < 1.29 is 54.9 Å². The second-order valence-corrected chi connectivity index (χ2v) is 19.1. The SMILES string of the molecule is CC(C)(C)OC(=O)N[C@@H](Cc1ccc(C#N)cc1)c1nnc(-c2cccc(OC(F)(F)F)c2)s1.CCN(C(=O)OC(C)(C)C)[C@@H](Cc1ccc(C#N)cc1)c1nnc(-c2cccc(OC(F)(F)F)c2)s1. The number of nitrogens with zero attached hydrogens (tertiary/aromatic N) is 7. The van der Waals surface area contributed by atoms with Crippen LogP contribution in [0.5, 0.6) is 11.5 Å². The largest absolute Gasteiger partial charge is 0.573 e. The number of hydrogen-bond acceptors (Lipinski definition) is 14. The minimum atomic E-state index is -4.81. The van der Waals surface area contributed by atoms with Crippen LogP contribution in [0.25, 0.3) is 21.1 Å². The summed E-state index contributed by atoms with van der Waals surface area (Å²) in [6.07, 6.45) is -10.1. The first-order valence-electron chi connectivity index (χ1n) is 21.2. The van der Waals surface area contributed by atoms with Crippen LogP contribution in [-0.4, -0.2) is 68.0 Å². The number of carbonyl (C=O) groups excluding carboxylic acids is 2. The molecule has 0 aliphatic rings. The van der Waals surface area contributed by atoms with Gasteiger partial charge in [-0.15, -0.1) is 46.7 Å². The molecule has 14 nitrogen and oxygen atoms in total. The molecule has 22 heteroatoms. The summed E-state index contributed by atoms with van der Waals surface area (Å²) in [6.45, 7) is 12.7. The molecule has 0 saturated carbocycles. The first kappa shape index (κ1) is 53.7. The zero-order valence-electron chi connectivity index (χ0n) is 38.7. The van der Waals surface area contributed by atoms with Crippen LogP contribution in [-0.2, 0) is 22.3 Å². The standard InChI is InChI=1S/C25H25F3N4O3S.C23H21F3N4O3S/c1-5-32(23(33)35-24(2,3)4)20(13-16-9-11-17(15-29)12-10-16)22-31-30-21(36-22)18-7-6-8-19(14-18)34-25(26,27)28;1-22(2,3)33-21(31)28-18(11-14-7-9-15(13-27)10-8-14)20-30-29-19(34-20)16-5-4-6-17(12-16)32-23(24,25)26/h6-12,14,20H,5,13H2,1-4H3;4-10,12,18H,11H2,1-3H3,(H,28,31)/t20-;18-/m00/s1. The van der Waals surface area contributed by atoms with Gasteiger partial charge in [-0.05, 0) is 121 Å². The molecule has 6 aromatic rings. The molecule has 0 aliphatic heterocycles. The normalized spacial score (nSPS) is 12.5. The van der Waals surface area contributed by atoms with Crippen LogP contribution in [0.2, 0.25) is 0 Å². The van der Waals surface area contributed by atoms with Gasteiger partial charge in [0.05, 0.1) is 35.3 Å². The van der Waals surface area contributed by atoms with Gasteiger partial charge in [-0.1, -0.05) is 71.2 Å². The van der Waals surface area contributed by atoms with Crippen LogP contribution < -0.4 is 14.8 Å². The van der Waals surface area contributed by atoms with E-state index < -0.39 is 48.2 Å². The number of hydrogen-bond donors (Lipinski definition) is 1. The van der Waals surface area contributed by atoms with Crippen LogP contribution in [0, 0.1) is 22.7 Å². The van der Waals surface area contributed by atoms with E-state index in [0.29, 0.717) is 61.7 Å². The average molecular weight is 1010 g/mol. The molecule has 368 valence electrons. The van der Waals surface area contributed by atoms with Gasteiger partial charge in [-0.2, -0.15) is 10.5 Å². The summed E-state index contributed by atoms with van der Waals surface area (Å²) in [5.41, 5.74) is 2.06. The third-order valence-electron chi connectivity index (χ3n) is 9.16. The quantitative estimate of drug-likeness (QED) is 0.108. The molecular weight excluding hydrogens is 963 g/mol. The highest BCUT2D eigenvalue weighted by molar-refractivity contribution is 7.15. The van der Waals surface area contributed by atoms with E-state index in [0.717, 1.165) is 22.5 Å². The number of aromatic nitrogens is 4. The summed E-state index contributed by atoms with van der Waals surface area (Å²) in [7, 11) is 0. The zero-order chi connectivity index (χ0) is 51.4. The van der Waals surface area contributed by atoms with Crippen molar-refractivity contribution in [1.82, 2.24) is 30.6 Å². The molecular formula is C48H46F6N8O6S2. The number of carbonyl (C=O) groups is 2. The predicted octanol–water partition coefficient (Wildman–Crippen LogP) is 12.3. The van der Waals surface area contributed by atoms with Crippen molar-refractivity contribution in [1.29, 1.82) is 10.5 Å². The van der Waals surface area contributed by atoms with Crippen LogP contribution >= 0.6 is 22.7 Å². The third-order valence-corrected chi connectivity index (χ3v) is 11.3. The van der Waals surface area contributed by atoms with Crippen molar-refractivity contribution in [2.45, 2.75) is 97.3 Å². The average Bonchev–Trinajstić information content (AvgIpc) is 3.97. The van der Waals surface area contributed by atoms with E-state index in [1.165, 1.54) is 52.6 Å². The number of amides is 2. The molecule has 0 fully saturated rings. The van der Waals surface area contributed by atoms with Gasteiger partial charge in [0, 0.05) is 17.7 Å². The molecule has 2 amide bonds. The summed E-state index contributed by atoms with van der Waals surface area (Å²) < 4.78 is 94.6. The van der Waals surface area contributed by atoms with Crippen molar-refractivity contribution in [3.63, 3.8) is 0 Å². The number of alkyl carbamates (subject to hydrolysis) is 1. The monoisotopic (exact) mass is 1010 g/mol. The molecule has 4 aromatic carbocycles. The third kappa shape index (κ3) is 17.0. The maximum Gasteiger partial charge on any atom is 0.573 e. The molecule has 2 atom stereocenters. The fraction of sp³-hybridized carbons (Fsp3) is 0.333. The lowest BCUT2D eigenvalue weighted by atomic mass is 10.0. The molecule has 2 heterocycles. The first-order chi connectivity index (χ1) is 32.8. The lowest BCUT2D eigenvalue weighted by Crippen LogP contribution is -2.40. The summed E-state index contributed by atoms with van der Waals surface area (Å²) in [5.74, 6) is -0.738. The van der Waals surface area contributed by atoms with Crippen molar-refractivity contribution in [3.8, 4) is 44.8 Å². The molecule has 0 saturated heterocycles. The van der Waals surface area contributed by atoms with Gasteiger partial charge in [0.25, 0.3) is 0 Å². The predicted molar refractivity (Wildman–Crippen MR) is 247 cm³/mol. The number of benzene rings is 4. The summed E-state index contributed by atoms with van der Waals surface area (Å²) >= 11 is 2.29. The number of likely N-dealkylation sites (N-methyl/N-ethyl adjacent to an activating group) is 1. The maximum atomic E-state index is 13.0. The van der Waals surface area contributed by atoms with Crippen molar-refractivity contribution in [2.24, 2.45) is 0 Å². The van der Waals surface area contributed by atoms with Gasteiger partial charge >= 0.3 is 24.9 Å². The Morgan fingerprint density at radius 2 is 1.09 bits per heavy atom.